The number of halogens is 1. The van der Waals surface area contributed by atoms with E-state index in [4.69, 9.17) is 0 Å². The summed E-state index contributed by atoms with van der Waals surface area (Å²) in [6, 6.07) is 13.8. The van der Waals surface area contributed by atoms with E-state index < -0.39 is 0 Å². The summed E-state index contributed by atoms with van der Waals surface area (Å²) in [6.45, 7) is 5.75. The molecule has 3 aromatic rings. The molecule has 0 radical (unpaired) electrons. The van der Waals surface area contributed by atoms with E-state index in [-0.39, 0.29) is 17.8 Å². The second-order valence-electron chi connectivity index (χ2n) is 6.14. The number of hydrogen-bond donors (Lipinski definition) is 1. The fourth-order valence-corrected chi connectivity index (χ4v) is 2.76. The molecule has 1 heterocycles. The summed E-state index contributed by atoms with van der Waals surface area (Å²) in [5.74, 6) is -0.495. The third-order valence-electron chi connectivity index (χ3n) is 4.22. The normalized spacial score (nSPS) is 12.0. The van der Waals surface area contributed by atoms with Crippen molar-refractivity contribution < 1.29 is 9.18 Å². The summed E-state index contributed by atoms with van der Waals surface area (Å²) >= 11 is 0. The van der Waals surface area contributed by atoms with Crippen LogP contribution in [0, 0.1) is 19.7 Å². The molecule has 1 N–H and O–H groups in total. The first-order valence-corrected chi connectivity index (χ1v) is 8.13. The zero-order valence-electron chi connectivity index (χ0n) is 14.5. The van der Waals surface area contributed by atoms with Crippen LogP contribution in [0.15, 0.2) is 54.7 Å². The Balaban J connectivity index is 1.80. The summed E-state index contributed by atoms with van der Waals surface area (Å²) in [6.07, 6.45) is 1.57. The maximum atomic E-state index is 13.0. The van der Waals surface area contributed by atoms with Gasteiger partial charge in [0.05, 0.1) is 29.2 Å². The molecule has 0 saturated heterocycles. The van der Waals surface area contributed by atoms with E-state index in [1.807, 2.05) is 45.0 Å². The number of benzene rings is 2. The first-order valence-electron chi connectivity index (χ1n) is 8.13. The zero-order valence-corrected chi connectivity index (χ0v) is 14.5. The smallest absolute Gasteiger partial charge is 0.255 e. The molecule has 5 heteroatoms. The third-order valence-corrected chi connectivity index (χ3v) is 4.22. The summed E-state index contributed by atoms with van der Waals surface area (Å²) in [4.78, 5) is 12.6. The SMILES string of the molecule is Cc1cccc(-n2ncc(C(=O)N[C@@H](C)c3ccc(F)cc3)c2C)c1. The molecule has 0 aliphatic heterocycles. The van der Waals surface area contributed by atoms with Gasteiger partial charge in [0.15, 0.2) is 0 Å². The number of hydrogen-bond acceptors (Lipinski definition) is 2. The predicted molar refractivity (Wildman–Crippen MR) is 95.3 cm³/mol. The number of nitrogens with zero attached hydrogens (tertiary/aromatic N) is 2. The number of aromatic nitrogens is 2. The van der Waals surface area contributed by atoms with Crippen LogP contribution in [0.3, 0.4) is 0 Å². The lowest BCUT2D eigenvalue weighted by Gasteiger charge is -2.14. The van der Waals surface area contributed by atoms with Gasteiger partial charge in [0.25, 0.3) is 5.91 Å². The van der Waals surface area contributed by atoms with Crippen LogP contribution < -0.4 is 5.32 Å². The van der Waals surface area contributed by atoms with Gasteiger partial charge in [-0.15, -0.1) is 0 Å². The summed E-state index contributed by atoms with van der Waals surface area (Å²) in [5.41, 5.74) is 4.19. The van der Waals surface area contributed by atoms with Crippen molar-refractivity contribution in [3.63, 3.8) is 0 Å². The molecule has 128 valence electrons. The van der Waals surface area contributed by atoms with Gasteiger partial charge in [-0.3, -0.25) is 4.79 Å². The van der Waals surface area contributed by atoms with Crippen LogP contribution in [0.2, 0.25) is 0 Å². The highest BCUT2D eigenvalue weighted by Gasteiger charge is 2.17. The lowest BCUT2D eigenvalue weighted by atomic mass is 10.1. The van der Waals surface area contributed by atoms with Gasteiger partial charge in [0, 0.05) is 0 Å². The van der Waals surface area contributed by atoms with Crippen molar-refractivity contribution in [2.24, 2.45) is 0 Å². The first kappa shape index (κ1) is 16.9. The topological polar surface area (TPSA) is 46.9 Å². The van der Waals surface area contributed by atoms with Gasteiger partial charge in [0.2, 0.25) is 0 Å². The number of amides is 1. The minimum Gasteiger partial charge on any atom is -0.345 e. The second kappa shape index (κ2) is 6.89. The van der Waals surface area contributed by atoms with Gasteiger partial charge < -0.3 is 5.32 Å². The van der Waals surface area contributed by atoms with Crippen molar-refractivity contribution in [2.45, 2.75) is 26.8 Å². The van der Waals surface area contributed by atoms with Gasteiger partial charge in [-0.25, -0.2) is 9.07 Å². The average Bonchev–Trinajstić information content (AvgIpc) is 2.97. The molecular weight excluding hydrogens is 317 g/mol. The molecule has 1 aromatic heterocycles. The molecule has 0 aliphatic rings. The van der Waals surface area contributed by atoms with Crippen LogP contribution >= 0.6 is 0 Å². The fraction of sp³-hybridized carbons (Fsp3) is 0.200. The Morgan fingerprint density at radius 1 is 1.16 bits per heavy atom. The first-order chi connectivity index (χ1) is 12.0. The highest BCUT2D eigenvalue weighted by Crippen LogP contribution is 2.18. The van der Waals surface area contributed by atoms with Gasteiger partial charge in [-0.05, 0) is 56.2 Å². The Morgan fingerprint density at radius 2 is 1.88 bits per heavy atom. The van der Waals surface area contributed by atoms with Gasteiger partial charge >= 0.3 is 0 Å². The minimum absolute atomic E-state index is 0.201. The molecule has 1 atom stereocenters. The van der Waals surface area contributed by atoms with Crippen molar-refractivity contribution in [1.82, 2.24) is 15.1 Å². The maximum Gasteiger partial charge on any atom is 0.255 e. The van der Waals surface area contributed by atoms with E-state index in [9.17, 15) is 9.18 Å². The highest BCUT2D eigenvalue weighted by molar-refractivity contribution is 5.95. The Kier molecular flexibility index (Phi) is 4.65. The Hall–Kier alpha value is -2.95. The van der Waals surface area contributed by atoms with Crippen LogP contribution in [-0.4, -0.2) is 15.7 Å². The molecule has 25 heavy (non-hydrogen) atoms. The van der Waals surface area contributed by atoms with E-state index in [1.165, 1.54) is 12.1 Å². The monoisotopic (exact) mass is 337 g/mol. The molecule has 4 nitrogen and oxygen atoms in total. The Bertz CT molecular complexity index is 900. The van der Waals surface area contributed by atoms with Crippen LogP contribution in [0.4, 0.5) is 4.39 Å². The van der Waals surface area contributed by atoms with Crippen molar-refractivity contribution in [1.29, 1.82) is 0 Å². The van der Waals surface area contributed by atoms with Crippen LogP contribution in [0.25, 0.3) is 5.69 Å². The van der Waals surface area contributed by atoms with Crippen LogP contribution in [-0.2, 0) is 0 Å². The fourth-order valence-electron chi connectivity index (χ4n) is 2.76. The van der Waals surface area contributed by atoms with Crippen LogP contribution in [0.5, 0.6) is 0 Å². The molecule has 0 fully saturated rings. The summed E-state index contributed by atoms with van der Waals surface area (Å²) in [7, 11) is 0. The van der Waals surface area contributed by atoms with E-state index >= 15 is 0 Å². The maximum absolute atomic E-state index is 13.0. The number of carbonyl (C=O) groups excluding carboxylic acids is 1. The molecular formula is C20H20FN3O. The number of nitrogens with one attached hydrogen (secondary N) is 1. The molecule has 0 aliphatic carbocycles. The quantitative estimate of drug-likeness (QED) is 0.778. The van der Waals surface area contributed by atoms with E-state index in [0.717, 1.165) is 22.5 Å². The Labute approximate surface area is 146 Å². The average molecular weight is 337 g/mol. The standard InChI is InChI=1S/C20H20FN3O/c1-13-5-4-6-18(11-13)24-15(3)19(12-22-24)20(25)23-14(2)16-7-9-17(21)10-8-16/h4-12,14H,1-3H3,(H,23,25)/t14-/m0/s1. The highest BCUT2D eigenvalue weighted by atomic mass is 19.1. The molecule has 3 rings (SSSR count). The summed E-state index contributed by atoms with van der Waals surface area (Å²) in [5, 5.41) is 7.28. The molecule has 0 unspecified atom stereocenters. The molecule has 1 amide bonds. The molecule has 2 aromatic carbocycles. The number of rotatable bonds is 4. The van der Waals surface area contributed by atoms with Crippen molar-refractivity contribution >= 4 is 5.91 Å². The largest absolute Gasteiger partial charge is 0.345 e. The lowest BCUT2D eigenvalue weighted by molar-refractivity contribution is 0.0939. The van der Waals surface area contributed by atoms with Crippen LogP contribution in [0.1, 0.15) is 40.1 Å². The van der Waals surface area contributed by atoms with E-state index in [2.05, 4.69) is 10.4 Å². The third kappa shape index (κ3) is 3.60. The van der Waals surface area contributed by atoms with Crippen molar-refractivity contribution in [2.75, 3.05) is 0 Å². The molecule has 0 spiro atoms. The summed E-state index contributed by atoms with van der Waals surface area (Å²) < 4.78 is 14.8. The number of aryl methyl sites for hydroxylation is 1. The number of carbonyl (C=O) groups is 1. The Morgan fingerprint density at radius 3 is 2.56 bits per heavy atom. The predicted octanol–water partition coefficient (Wildman–Crippen LogP) is 4.12. The van der Waals surface area contributed by atoms with E-state index in [1.54, 1.807) is 23.0 Å². The van der Waals surface area contributed by atoms with Gasteiger partial charge in [-0.1, -0.05) is 24.3 Å². The lowest BCUT2D eigenvalue weighted by Crippen LogP contribution is -2.27. The second-order valence-corrected chi connectivity index (χ2v) is 6.14. The zero-order chi connectivity index (χ0) is 18.0. The van der Waals surface area contributed by atoms with Gasteiger partial charge in [0.1, 0.15) is 5.82 Å². The van der Waals surface area contributed by atoms with Crippen molar-refractivity contribution in [3.05, 3.63) is 82.9 Å². The molecule has 0 bridgehead atoms. The van der Waals surface area contributed by atoms with Crippen molar-refractivity contribution in [3.8, 4) is 5.69 Å². The van der Waals surface area contributed by atoms with Gasteiger partial charge in [-0.2, -0.15) is 5.10 Å². The van der Waals surface area contributed by atoms with E-state index in [0.29, 0.717) is 5.56 Å². The minimum atomic E-state index is -0.294. The molecule has 0 saturated carbocycles.